The van der Waals surface area contributed by atoms with Crippen LogP contribution in [0, 0.1) is 0 Å². The minimum Gasteiger partial charge on any atom is -0.484 e. The maximum Gasteiger partial charge on any atom is 0.319 e. The fourth-order valence-corrected chi connectivity index (χ4v) is 6.04. The molecule has 3 atom stereocenters. The summed E-state index contributed by atoms with van der Waals surface area (Å²) < 4.78 is 14.1. The first-order valence-electron chi connectivity index (χ1n) is 14.6. The maximum absolute atomic E-state index is 13.2. The zero-order chi connectivity index (χ0) is 29.4. The molecule has 1 aliphatic heterocycles. The first-order chi connectivity index (χ1) is 20.2. The number of methoxy groups -OCH3 is 1. The molecule has 1 fully saturated rings. The van der Waals surface area contributed by atoms with Gasteiger partial charge in [0.1, 0.15) is 17.5 Å². The molecule has 10 heteroatoms. The predicted molar refractivity (Wildman–Crippen MR) is 161 cm³/mol. The maximum atomic E-state index is 13.2. The molecular weight excluding hydrogens is 530 g/mol. The Morgan fingerprint density at radius 1 is 1.05 bits per heavy atom. The third kappa shape index (κ3) is 5.51. The summed E-state index contributed by atoms with van der Waals surface area (Å²) >= 11 is 0. The van der Waals surface area contributed by atoms with Gasteiger partial charge in [-0.2, -0.15) is 0 Å². The number of anilines is 1. The number of amides is 2. The van der Waals surface area contributed by atoms with Crippen LogP contribution in [-0.2, 0) is 5.41 Å². The van der Waals surface area contributed by atoms with Gasteiger partial charge < -0.3 is 20.1 Å². The first-order valence-corrected chi connectivity index (χ1v) is 14.6. The topological polar surface area (TPSA) is 106 Å². The minimum absolute atomic E-state index is 0.114. The van der Waals surface area contributed by atoms with E-state index in [0.29, 0.717) is 11.6 Å². The van der Waals surface area contributed by atoms with Crippen LogP contribution < -0.4 is 20.1 Å². The molecule has 2 N–H and O–H groups in total. The summed E-state index contributed by atoms with van der Waals surface area (Å²) in [6, 6.07) is 13.8. The number of fused-ring (bicyclic) bond motifs is 2. The normalized spacial score (nSPS) is 20.7. The average Bonchev–Trinajstić information content (AvgIpc) is 3.59. The monoisotopic (exact) mass is 569 g/mol. The molecule has 3 aromatic heterocycles. The van der Waals surface area contributed by atoms with Gasteiger partial charge >= 0.3 is 6.03 Å². The van der Waals surface area contributed by atoms with E-state index in [0.717, 1.165) is 66.1 Å². The molecule has 0 bridgehead atoms. The van der Waals surface area contributed by atoms with Gasteiger partial charge in [0, 0.05) is 6.20 Å². The van der Waals surface area contributed by atoms with Crippen molar-refractivity contribution < 1.29 is 14.3 Å². The third-order valence-electron chi connectivity index (χ3n) is 8.40. The lowest BCUT2D eigenvalue weighted by atomic mass is 9.85. The molecule has 1 aromatic carbocycles. The van der Waals surface area contributed by atoms with Gasteiger partial charge in [0.15, 0.2) is 11.5 Å². The lowest BCUT2D eigenvalue weighted by Crippen LogP contribution is -2.35. The molecule has 220 valence electrons. The number of nitrogens with one attached hydrogen (secondary N) is 2. The van der Waals surface area contributed by atoms with Gasteiger partial charge in [-0.25, -0.2) is 9.78 Å². The van der Waals surface area contributed by atoms with Crippen molar-refractivity contribution in [3.05, 3.63) is 77.4 Å². The van der Waals surface area contributed by atoms with Crippen LogP contribution in [0.3, 0.4) is 0 Å². The fraction of sp³-hybridized carbons (Fsp3) is 0.438. The van der Waals surface area contributed by atoms with Crippen molar-refractivity contribution in [3.8, 4) is 11.6 Å². The molecule has 0 saturated carbocycles. The predicted octanol–water partition coefficient (Wildman–Crippen LogP) is 5.97. The minimum atomic E-state index is -0.303. The number of hydrogen-bond donors (Lipinski definition) is 2. The second-order valence-corrected chi connectivity index (χ2v) is 12.3. The van der Waals surface area contributed by atoms with Crippen LogP contribution in [0.1, 0.15) is 87.2 Å². The highest BCUT2D eigenvalue weighted by atomic mass is 16.5. The van der Waals surface area contributed by atoms with Gasteiger partial charge in [0.25, 0.3) is 0 Å². The number of benzene rings is 1. The van der Waals surface area contributed by atoms with E-state index in [1.807, 2.05) is 36.5 Å². The second kappa shape index (κ2) is 11.2. The zero-order valence-electron chi connectivity index (χ0n) is 24.9. The summed E-state index contributed by atoms with van der Waals surface area (Å²) in [4.78, 5) is 19.9. The van der Waals surface area contributed by atoms with E-state index in [-0.39, 0.29) is 29.6 Å². The van der Waals surface area contributed by atoms with E-state index in [1.165, 1.54) is 0 Å². The quantitative estimate of drug-likeness (QED) is 0.295. The lowest BCUT2D eigenvalue weighted by Gasteiger charge is -2.32. The van der Waals surface area contributed by atoms with E-state index >= 15 is 0 Å². The SMILES string of the molecule is COc1ncc(C(C)(C)C)cc1NC(=O)N[C@H]1CC[C@@H](Oc2ccc3nnc(C4CCCN4C)n3c2)c2ccccc21. The summed E-state index contributed by atoms with van der Waals surface area (Å²) in [5.41, 5.74) is 4.38. The molecular formula is C32H39N7O3. The lowest BCUT2D eigenvalue weighted by molar-refractivity contribution is 0.171. The Morgan fingerprint density at radius 3 is 2.60 bits per heavy atom. The van der Waals surface area contributed by atoms with Crippen molar-refractivity contribution >= 4 is 17.4 Å². The molecule has 1 saturated heterocycles. The number of rotatable bonds is 6. The fourth-order valence-electron chi connectivity index (χ4n) is 6.04. The molecule has 2 aliphatic rings. The Hall–Kier alpha value is -4.18. The number of ether oxygens (including phenoxy) is 2. The van der Waals surface area contributed by atoms with E-state index in [9.17, 15) is 4.79 Å². The summed E-state index contributed by atoms with van der Waals surface area (Å²) in [5, 5.41) is 15.0. The largest absolute Gasteiger partial charge is 0.484 e. The standard InChI is InChI=1S/C32H39N7O3/c1-32(2,3)20-17-25(30(41-5)33-18-20)35-31(40)34-24-13-14-27(23-10-7-6-9-22(23)24)42-21-12-15-28-36-37-29(39(28)19-21)26-11-8-16-38(26)4/h6-7,9-10,12,15,17-19,24,26-27H,8,11,13-14,16H2,1-5H3,(H2,34,35,40)/t24-,26?,27+/m0/s1. The van der Waals surface area contributed by atoms with E-state index < -0.39 is 0 Å². The molecule has 6 rings (SSSR count). The van der Waals surface area contributed by atoms with Gasteiger partial charge in [-0.3, -0.25) is 9.30 Å². The van der Waals surface area contributed by atoms with Crippen molar-refractivity contribution in [1.82, 2.24) is 29.8 Å². The number of carbonyl (C=O) groups is 1. The van der Waals surface area contributed by atoms with Gasteiger partial charge in [-0.05, 0) is 79.6 Å². The van der Waals surface area contributed by atoms with Gasteiger partial charge in [-0.15, -0.1) is 10.2 Å². The number of aromatic nitrogens is 4. The van der Waals surface area contributed by atoms with Gasteiger partial charge in [0.05, 0.1) is 25.4 Å². The highest BCUT2D eigenvalue weighted by Crippen LogP contribution is 2.39. The van der Waals surface area contributed by atoms with Crippen LogP contribution in [0.25, 0.3) is 5.65 Å². The number of pyridine rings is 2. The Balaban J connectivity index is 1.19. The van der Waals surface area contributed by atoms with E-state index in [4.69, 9.17) is 9.47 Å². The smallest absolute Gasteiger partial charge is 0.319 e. The van der Waals surface area contributed by atoms with E-state index in [2.05, 4.69) is 75.1 Å². The Kier molecular flexibility index (Phi) is 7.49. The summed E-state index contributed by atoms with van der Waals surface area (Å²) in [6.45, 7) is 7.38. The van der Waals surface area contributed by atoms with Gasteiger partial charge in [0.2, 0.25) is 5.88 Å². The Morgan fingerprint density at radius 2 is 1.86 bits per heavy atom. The van der Waals surface area contributed by atoms with Gasteiger partial charge in [-0.1, -0.05) is 45.0 Å². The third-order valence-corrected chi connectivity index (χ3v) is 8.40. The van der Waals surface area contributed by atoms with Crippen molar-refractivity contribution in [3.63, 3.8) is 0 Å². The number of hydrogen-bond acceptors (Lipinski definition) is 7. The van der Waals surface area contributed by atoms with Crippen molar-refractivity contribution in [1.29, 1.82) is 0 Å². The van der Waals surface area contributed by atoms with Crippen LogP contribution in [-0.4, -0.2) is 51.2 Å². The molecule has 1 unspecified atom stereocenters. The molecule has 4 aromatic rings. The average molecular weight is 570 g/mol. The molecule has 0 spiro atoms. The zero-order valence-corrected chi connectivity index (χ0v) is 24.9. The highest BCUT2D eigenvalue weighted by molar-refractivity contribution is 5.91. The number of carbonyl (C=O) groups excluding carboxylic acids is 1. The van der Waals surface area contributed by atoms with Crippen molar-refractivity contribution in [2.45, 2.75) is 70.1 Å². The van der Waals surface area contributed by atoms with Crippen LogP contribution in [0.2, 0.25) is 0 Å². The summed E-state index contributed by atoms with van der Waals surface area (Å²) in [7, 11) is 3.69. The molecule has 4 heterocycles. The van der Waals surface area contributed by atoms with Crippen LogP contribution in [0.5, 0.6) is 11.6 Å². The van der Waals surface area contributed by atoms with Crippen LogP contribution >= 0.6 is 0 Å². The second-order valence-electron chi connectivity index (χ2n) is 12.3. The molecule has 2 amide bonds. The summed E-state index contributed by atoms with van der Waals surface area (Å²) in [6.07, 6.45) is 7.38. The number of urea groups is 1. The molecule has 42 heavy (non-hydrogen) atoms. The summed E-state index contributed by atoms with van der Waals surface area (Å²) in [5.74, 6) is 2.10. The van der Waals surface area contributed by atoms with Crippen LogP contribution in [0.15, 0.2) is 54.9 Å². The molecule has 10 nitrogen and oxygen atoms in total. The molecule has 0 radical (unpaired) electrons. The molecule has 1 aliphatic carbocycles. The number of likely N-dealkylation sites (tertiary alicyclic amines) is 1. The van der Waals surface area contributed by atoms with E-state index in [1.54, 1.807) is 13.3 Å². The number of nitrogens with zero attached hydrogens (tertiary/aromatic N) is 5. The van der Waals surface area contributed by atoms with Crippen LogP contribution in [0.4, 0.5) is 10.5 Å². The van der Waals surface area contributed by atoms with Crippen molar-refractivity contribution in [2.24, 2.45) is 0 Å². The Bertz CT molecular complexity index is 1590. The Labute approximate surface area is 246 Å². The highest BCUT2D eigenvalue weighted by Gasteiger charge is 2.31. The first kappa shape index (κ1) is 28.0. The van der Waals surface area contributed by atoms with Crippen molar-refractivity contribution in [2.75, 3.05) is 26.0 Å².